The van der Waals surface area contributed by atoms with Crippen LogP contribution < -0.4 is 31.3 Å². The van der Waals surface area contributed by atoms with E-state index >= 15 is 0 Å². The molecule has 23 rings (SSSR count). The first-order valence-electron chi connectivity index (χ1n) is 36.9. The zero-order chi connectivity index (χ0) is 72.3. The molecule has 0 radical (unpaired) electrons. The fraction of sp³-hybridized carbons (Fsp3) is 0.0303. The number of benzene rings is 16. The molecule has 516 valence electrons. The molecule has 0 saturated heterocycles. The van der Waals surface area contributed by atoms with Crippen molar-refractivity contribution in [3.8, 4) is 44.9 Å². The zero-order valence-corrected chi connectivity index (χ0v) is 63.8. The molecule has 0 bridgehead atoms. The van der Waals surface area contributed by atoms with Gasteiger partial charge in [-0.25, -0.2) is 0 Å². The average Bonchev–Trinajstić information content (AvgIpc) is 1.61. The van der Waals surface area contributed by atoms with Crippen molar-refractivity contribution in [1.82, 2.24) is 0 Å². The van der Waals surface area contributed by atoms with Crippen molar-refractivity contribution >= 4 is 126 Å². The van der Waals surface area contributed by atoms with Gasteiger partial charge in [0.15, 0.2) is 0 Å². The molecule has 16 aromatic rings. The van der Waals surface area contributed by atoms with Gasteiger partial charge in [-0.3, -0.25) is 0 Å². The van der Waals surface area contributed by atoms with E-state index in [1.807, 2.05) is 0 Å². The topological polar surface area (TPSA) is 28.2 Å². The summed E-state index contributed by atoms with van der Waals surface area (Å²) in [5, 5.41) is 0.405. The van der Waals surface area contributed by atoms with Crippen LogP contribution in [0.4, 0.5) is 51.2 Å². The van der Waals surface area contributed by atoms with Crippen LogP contribution in [0.2, 0.25) is 20.1 Å². The molecule has 0 saturated carbocycles. The van der Waals surface area contributed by atoms with Gasteiger partial charge in [0.2, 0.25) is 0 Å². The van der Waals surface area contributed by atoms with Crippen molar-refractivity contribution in [2.75, 3.05) is 14.7 Å². The predicted molar refractivity (Wildman–Crippen MR) is 448 cm³/mol. The Hall–Kier alpha value is -11.5. The number of fused-ring (bicyclic) bond motifs is 10. The van der Waals surface area contributed by atoms with Crippen molar-refractivity contribution in [2.45, 2.75) is 16.2 Å². The molecule has 7 aliphatic rings. The standard InChI is InChI=1S/C93H60N3.C6H2Cl4O2.Sb/c1-7-28-64(29-8-1)91(65-30-9-2-10-31-65)87-51-24-21-48-81(87)84-61-76(54-57-88(84)91)94-70-40-25-42-72(58-70)95(77-52-55-82-79-46-19-22-49-85(79)92(89(82)62-77,66-32-11-3-12-33-66)67-34-13-4-14-35-67)74-44-27-45-75(60-74)96(73-43-26-41-71(94)59-73)78-53-56-83-80-47-20-23-50-86(80)93(90(83)63-78,68-36-15-5-16-37-68)69-38-17-6-18-39-69;7-1-2(8)4(10)6(12)5(11)3(1)9;/h1-57,61-63H;11-12H;/q;;+2/p-2. The Balaban J connectivity index is 0.856. The van der Waals surface area contributed by atoms with Gasteiger partial charge in [-0.15, -0.1) is 0 Å². The van der Waals surface area contributed by atoms with E-state index in [-0.39, 0.29) is 31.6 Å². The van der Waals surface area contributed by atoms with Gasteiger partial charge in [0.1, 0.15) is 0 Å². The maximum absolute atomic E-state index is 8.62. The summed E-state index contributed by atoms with van der Waals surface area (Å²) in [5.41, 5.74) is 27.2. The van der Waals surface area contributed by atoms with Crippen LogP contribution in [-0.2, 0) is 16.2 Å². The molecule has 0 N–H and O–H groups in total. The summed E-state index contributed by atoms with van der Waals surface area (Å²) in [7, 11) is 0. The van der Waals surface area contributed by atoms with Gasteiger partial charge in [-0.2, -0.15) is 0 Å². The molecule has 0 fully saturated rings. The summed E-state index contributed by atoms with van der Waals surface area (Å²) in [6.07, 6.45) is 0. The fourth-order valence-corrected chi connectivity index (χ4v) is 38.5. The molecule has 0 unspecified atom stereocenters. The second kappa shape index (κ2) is 23.0. The van der Waals surface area contributed by atoms with Crippen LogP contribution in [0.5, 0.6) is 11.5 Å². The summed E-state index contributed by atoms with van der Waals surface area (Å²) in [4.78, 5) is 7.45. The molecule has 0 amide bonds. The van der Waals surface area contributed by atoms with Crippen LogP contribution in [0.1, 0.15) is 66.8 Å². The van der Waals surface area contributed by atoms with Crippen LogP contribution >= 0.6 is 46.4 Å². The first-order chi connectivity index (χ1) is 53.7. The maximum atomic E-state index is 8.62. The van der Waals surface area contributed by atoms with E-state index in [9.17, 15) is 0 Å². The van der Waals surface area contributed by atoms with E-state index in [4.69, 9.17) is 52.4 Å². The van der Waals surface area contributed by atoms with E-state index in [2.05, 4.69) is 379 Å². The Morgan fingerprint density at radius 1 is 0.211 bits per heavy atom. The van der Waals surface area contributed by atoms with Gasteiger partial charge in [-0.1, -0.05) is 0 Å². The number of rotatable bonds is 9. The Bertz CT molecular complexity index is 6180. The second-order valence-electron chi connectivity index (χ2n) is 29.3. The third-order valence-electron chi connectivity index (χ3n) is 24.5. The third kappa shape index (κ3) is 7.89. The number of anilines is 9. The number of halogens is 4. The van der Waals surface area contributed by atoms with Crippen LogP contribution in [0.25, 0.3) is 33.4 Å². The molecule has 10 heteroatoms. The molecule has 1 spiro atoms. The molecule has 0 aromatic heterocycles. The first-order valence-corrected chi connectivity index (χ1v) is 44.3. The molecular formula is C99H60Cl4N3O2Sb. The molecule has 0 atom stereocenters. The van der Waals surface area contributed by atoms with Gasteiger partial charge in [-0.05, 0) is 0 Å². The van der Waals surface area contributed by atoms with Crippen molar-refractivity contribution in [1.29, 1.82) is 0 Å². The van der Waals surface area contributed by atoms with Gasteiger partial charge >= 0.3 is 659 Å². The molecule has 16 aromatic carbocycles. The third-order valence-corrected chi connectivity index (χ3v) is 40.1. The van der Waals surface area contributed by atoms with Gasteiger partial charge < -0.3 is 0 Å². The molecule has 4 heterocycles. The van der Waals surface area contributed by atoms with Gasteiger partial charge in [0, 0.05) is 0 Å². The Morgan fingerprint density at radius 3 is 0.780 bits per heavy atom. The van der Waals surface area contributed by atoms with Crippen LogP contribution in [0.3, 0.4) is 0 Å². The van der Waals surface area contributed by atoms with E-state index in [0.29, 0.717) is 0 Å². The summed E-state index contributed by atoms with van der Waals surface area (Å²) >= 11 is 23.5. The SMILES string of the molecule is Clc1c(Cl)c(Cl)c2c(c1Cl)[O][Sb]13([O]2)[c]2c4cccc2N(c2ccc5c(c2)C(c2ccccc2)(c2ccccc2)c2ccccc2-5)c2cccc([c]21)N(c1ccc2c(c1)C(c1ccccc1)(c1ccccc1)c1ccccc1-2)c1cccc([c]13)N4c1ccc2c(c1)-c1ccccc1C2(c1ccccc1)c1ccccc1. The number of nitrogens with zero attached hydrogens (tertiary/aromatic N) is 3. The minimum absolute atomic E-state index is 0.0810. The van der Waals surface area contributed by atoms with Crippen molar-refractivity contribution in [3.63, 3.8) is 0 Å². The Kier molecular flexibility index (Phi) is 13.4. The van der Waals surface area contributed by atoms with Gasteiger partial charge in [0.05, 0.1) is 0 Å². The van der Waals surface area contributed by atoms with Gasteiger partial charge in [0.25, 0.3) is 0 Å². The van der Waals surface area contributed by atoms with Crippen LogP contribution in [0.15, 0.2) is 364 Å². The molecule has 109 heavy (non-hydrogen) atoms. The van der Waals surface area contributed by atoms with E-state index in [0.717, 1.165) is 95.1 Å². The molecule has 3 aliphatic carbocycles. The second-order valence-corrected chi connectivity index (χ2v) is 41.1. The Labute approximate surface area is 653 Å². The number of hydrogen-bond acceptors (Lipinski definition) is 5. The van der Waals surface area contributed by atoms with Crippen LogP contribution in [0, 0.1) is 0 Å². The summed E-state index contributed by atoms with van der Waals surface area (Å²) in [6.45, 7) is 0. The summed E-state index contributed by atoms with van der Waals surface area (Å²) in [6, 6.07) is 135. The predicted octanol–water partition coefficient (Wildman–Crippen LogP) is 24.6. The van der Waals surface area contributed by atoms with Crippen LogP contribution in [-0.4, -0.2) is 18.2 Å². The quantitative estimate of drug-likeness (QED) is 0.0816. The zero-order valence-electron chi connectivity index (χ0n) is 58.3. The fourth-order valence-electron chi connectivity index (χ4n) is 20.6. The van der Waals surface area contributed by atoms with Crippen molar-refractivity contribution < 1.29 is 6.03 Å². The molecular weight excluding hydrogens is 1530 g/mol. The normalized spacial score (nSPS) is 16.2. The monoisotopic (exact) mass is 1580 g/mol. The summed E-state index contributed by atoms with van der Waals surface area (Å²) < 4.78 is 19.9. The Morgan fingerprint density at radius 2 is 0.459 bits per heavy atom. The minimum atomic E-state index is -6.74. The van der Waals surface area contributed by atoms with Crippen molar-refractivity contribution in [3.05, 3.63) is 451 Å². The average molecular weight is 1590 g/mol. The van der Waals surface area contributed by atoms with E-state index in [1.165, 1.54) is 66.8 Å². The van der Waals surface area contributed by atoms with E-state index in [1.54, 1.807) is 0 Å². The van der Waals surface area contributed by atoms with E-state index < -0.39 is 34.5 Å². The number of hydrogen-bond donors (Lipinski definition) is 0. The molecule has 5 nitrogen and oxygen atoms in total. The molecule has 4 aliphatic heterocycles. The summed E-state index contributed by atoms with van der Waals surface area (Å²) in [5.74, 6) is 0.508. The first kappa shape index (κ1) is 63.6. The van der Waals surface area contributed by atoms with Crippen molar-refractivity contribution in [2.24, 2.45) is 0 Å².